The van der Waals surface area contributed by atoms with Gasteiger partial charge in [0.1, 0.15) is 17.1 Å². The number of hydrogen-bond acceptors (Lipinski definition) is 4. The van der Waals surface area contributed by atoms with E-state index in [1.54, 1.807) is 13.8 Å². The number of aliphatic hydroxyl groups excluding tert-OH is 1. The Kier molecular flexibility index (Phi) is 5.37. The molecular formula is C12H18N2O5. The van der Waals surface area contributed by atoms with E-state index in [1.165, 1.54) is 11.0 Å². The number of hydrogen-bond donors (Lipinski definition) is 3. The van der Waals surface area contributed by atoms with Gasteiger partial charge in [0.15, 0.2) is 0 Å². The number of furan rings is 1. The quantitative estimate of drug-likeness (QED) is 0.709. The molecule has 0 unspecified atom stereocenters. The molecule has 1 aromatic heterocycles. The van der Waals surface area contributed by atoms with Crippen molar-refractivity contribution < 1.29 is 24.2 Å². The Morgan fingerprint density at radius 1 is 1.47 bits per heavy atom. The third-order valence-electron chi connectivity index (χ3n) is 2.65. The van der Waals surface area contributed by atoms with Crippen molar-refractivity contribution in [3.05, 3.63) is 23.2 Å². The normalized spacial score (nSPS) is 10.3. The van der Waals surface area contributed by atoms with Crippen molar-refractivity contribution in [3.8, 4) is 0 Å². The fourth-order valence-corrected chi connectivity index (χ4v) is 1.64. The highest BCUT2D eigenvalue weighted by Crippen LogP contribution is 2.14. The lowest BCUT2D eigenvalue weighted by atomic mass is 10.2. The van der Waals surface area contributed by atoms with Crippen molar-refractivity contribution >= 4 is 12.0 Å². The lowest BCUT2D eigenvalue weighted by molar-refractivity contribution is 0.0695. The molecule has 3 N–H and O–H groups in total. The van der Waals surface area contributed by atoms with Crippen molar-refractivity contribution in [2.75, 3.05) is 19.7 Å². The smallest absolute Gasteiger partial charge is 0.339 e. The summed E-state index contributed by atoms with van der Waals surface area (Å²) < 4.78 is 5.24. The maximum atomic E-state index is 11.7. The van der Waals surface area contributed by atoms with Gasteiger partial charge in [-0.15, -0.1) is 0 Å². The minimum absolute atomic E-state index is 0.0898. The molecule has 0 aliphatic heterocycles. The number of nitrogens with zero attached hydrogens (tertiary/aromatic N) is 1. The minimum atomic E-state index is -1.06. The molecule has 0 radical (unpaired) electrons. The van der Waals surface area contributed by atoms with Crippen LogP contribution in [0.2, 0.25) is 0 Å². The van der Waals surface area contributed by atoms with Crippen molar-refractivity contribution in [3.63, 3.8) is 0 Å². The number of amides is 2. The van der Waals surface area contributed by atoms with Crippen LogP contribution in [-0.2, 0) is 6.54 Å². The van der Waals surface area contributed by atoms with E-state index in [4.69, 9.17) is 14.6 Å². The van der Waals surface area contributed by atoms with E-state index in [9.17, 15) is 9.59 Å². The maximum absolute atomic E-state index is 11.7. The van der Waals surface area contributed by atoms with Crippen LogP contribution in [0, 0.1) is 6.92 Å². The van der Waals surface area contributed by atoms with Gasteiger partial charge in [0.25, 0.3) is 0 Å². The molecule has 0 spiro atoms. The maximum Gasteiger partial charge on any atom is 0.339 e. The van der Waals surface area contributed by atoms with Gasteiger partial charge in [-0.05, 0) is 19.9 Å². The van der Waals surface area contributed by atoms with Crippen LogP contribution in [0.3, 0.4) is 0 Å². The Balaban J connectivity index is 2.59. The van der Waals surface area contributed by atoms with Crippen LogP contribution in [0.15, 0.2) is 10.5 Å². The summed E-state index contributed by atoms with van der Waals surface area (Å²) in [5, 5.41) is 20.3. The van der Waals surface area contributed by atoms with Gasteiger partial charge in [-0.1, -0.05) is 0 Å². The van der Waals surface area contributed by atoms with Crippen LogP contribution in [0.25, 0.3) is 0 Å². The number of rotatable bonds is 6. The van der Waals surface area contributed by atoms with E-state index in [2.05, 4.69) is 5.32 Å². The van der Waals surface area contributed by atoms with Crippen molar-refractivity contribution in [1.29, 1.82) is 0 Å². The van der Waals surface area contributed by atoms with Crippen molar-refractivity contribution in [2.24, 2.45) is 0 Å². The summed E-state index contributed by atoms with van der Waals surface area (Å²) in [6.45, 7) is 4.08. The number of carbonyl (C=O) groups excluding carboxylic acids is 1. The summed E-state index contributed by atoms with van der Waals surface area (Å²) in [6, 6.07) is 1.06. The number of aliphatic hydroxyl groups is 1. The Hall–Kier alpha value is -2.02. The molecule has 106 valence electrons. The molecule has 0 atom stereocenters. The predicted octanol–water partition coefficient (Wildman–Crippen LogP) is 0.810. The standard InChI is InChI=1S/C12H18N2O5/c1-3-14(4-5-15)12(18)13-7-9-6-10(11(16)17)8(2)19-9/h6,15H,3-5,7H2,1-2H3,(H,13,18)(H,16,17). The summed E-state index contributed by atoms with van der Waals surface area (Å²) in [5.74, 6) is -0.378. The molecular weight excluding hydrogens is 252 g/mol. The Morgan fingerprint density at radius 2 is 2.16 bits per heavy atom. The topological polar surface area (TPSA) is 103 Å². The van der Waals surface area contributed by atoms with Crippen LogP contribution in [-0.4, -0.2) is 46.8 Å². The number of likely N-dealkylation sites (N-methyl/N-ethyl adjacent to an activating group) is 1. The van der Waals surface area contributed by atoms with Crippen LogP contribution in [0.5, 0.6) is 0 Å². The van der Waals surface area contributed by atoms with E-state index < -0.39 is 5.97 Å². The summed E-state index contributed by atoms with van der Waals surface area (Å²) in [4.78, 5) is 24.0. The molecule has 2 amide bonds. The SMILES string of the molecule is CCN(CCO)C(=O)NCc1cc(C(=O)O)c(C)o1. The molecule has 1 rings (SSSR count). The number of carboxylic acids is 1. The number of nitrogens with one attached hydrogen (secondary N) is 1. The second kappa shape index (κ2) is 6.79. The second-order valence-electron chi connectivity index (χ2n) is 3.95. The molecule has 0 saturated heterocycles. The van der Waals surface area contributed by atoms with Crippen molar-refractivity contribution in [1.82, 2.24) is 10.2 Å². The van der Waals surface area contributed by atoms with E-state index in [-0.39, 0.29) is 31.3 Å². The number of carboxylic acid groups (broad SMARTS) is 1. The van der Waals surface area contributed by atoms with E-state index in [0.29, 0.717) is 18.1 Å². The van der Waals surface area contributed by atoms with Gasteiger partial charge < -0.3 is 24.8 Å². The molecule has 7 heteroatoms. The average molecular weight is 270 g/mol. The van der Waals surface area contributed by atoms with E-state index >= 15 is 0 Å². The predicted molar refractivity (Wildman–Crippen MR) is 67.0 cm³/mol. The highest BCUT2D eigenvalue weighted by molar-refractivity contribution is 5.88. The summed E-state index contributed by atoms with van der Waals surface area (Å²) in [5.41, 5.74) is 0.0898. The molecule has 1 aromatic rings. The van der Waals surface area contributed by atoms with Gasteiger partial charge >= 0.3 is 12.0 Å². The van der Waals surface area contributed by atoms with Gasteiger partial charge in [0.05, 0.1) is 13.2 Å². The lowest BCUT2D eigenvalue weighted by Crippen LogP contribution is -2.40. The van der Waals surface area contributed by atoms with Crippen molar-refractivity contribution in [2.45, 2.75) is 20.4 Å². The number of aryl methyl sites for hydroxylation is 1. The van der Waals surface area contributed by atoms with E-state index in [1.807, 2.05) is 0 Å². The molecule has 0 fully saturated rings. The first-order valence-electron chi connectivity index (χ1n) is 5.95. The molecule has 0 saturated carbocycles. The molecule has 19 heavy (non-hydrogen) atoms. The fraction of sp³-hybridized carbons (Fsp3) is 0.500. The Bertz CT molecular complexity index is 455. The molecule has 0 bridgehead atoms. The summed E-state index contributed by atoms with van der Waals surface area (Å²) in [7, 11) is 0. The minimum Gasteiger partial charge on any atom is -0.478 e. The Labute approximate surface area is 110 Å². The first kappa shape index (κ1) is 15.0. The number of carbonyl (C=O) groups is 2. The summed E-state index contributed by atoms with van der Waals surface area (Å²) >= 11 is 0. The van der Waals surface area contributed by atoms with Gasteiger partial charge in [0, 0.05) is 13.1 Å². The zero-order chi connectivity index (χ0) is 14.4. The molecule has 0 aliphatic rings. The largest absolute Gasteiger partial charge is 0.478 e. The number of aromatic carboxylic acids is 1. The van der Waals surface area contributed by atoms with Gasteiger partial charge in [0.2, 0.25) is 0 Å². The first-order valence-corrected chi connectivity index (χ1v) is 5.95. The van der Waals surface area contributed by atoms with Crippen LogP contribution in [0.1, 0.15) is 28.8 Å². The third-order valence-corrected chi connectivity index (χ3v) is 2.65. The zero-order valence-corrected chi connectivity index (χ0v) is 11.0. The monoisotopic (exact) mass is 270 g/mol. The second-order valence-corrected chi connectivity index (χ2v) is 3.95. The first-order chi connectivity index (χ1) is 8.99. The Morgan fingerprint density at radius 3 is 2.63 bits per heavy atom. The van der Waals surface area contributed by atoms with Crippen LogP contribution < -0.4 is 5.32 Å². The molecule has 0 aromatic carbocycles. The average Bonchev–Trinajstić information content (AvgIpc) is 2.74. The highest BCUT2D eigenvalue weighted by atomic mass is 16.4. The lowest BCUT2D eigenvalue weighted by Gasteiger charge is -2.19. The third kappa shape index (κ3) is 3.99. The van der Waals surface area contributed by atoms with E-state index in [0.717, 1.165) is 0 Å². The highest BCUT2D eigenvalue weighted by Gasteiger charge is 2.15. The van der Waals surface area contributed by atoms with Gasteiger partial charge in [-0.3, -0.25) is 0 Å². The molecule has 1 heterocycles. The molecule has 0 aliphatic carbocycles. The van der Waals surface area contributed by atoms with Gasteiger partial charge in [-0.2, -0.15) is 0 Å². The van der Waals surface area contributed by atoms with Crippen LogP contribution in [0.4, 0.5) is 4.79 Å². The number of urea groups is 1. The summed E-state index contributed by atoms with van der Waals surface area (Å²) in [6.07, 6.45) is 0. The van der Waals surface area contributed by atoms with Gasteiger partial charge in [-0.25, -0.2) is 9.59 Å². The molecule has 7 nitrogen and oxygen atoms in total. The zero-order valence-electron chi connectivity index (χ0n) is 11.0. The fourth-order valence-electron chi connectivity index (χ4n) is 1.64. The van der Waals surface area contributed by atoms with Crippen LogP contribution >= 0.6 is 0 Å².